The molecule has 2 aromatic rings. The molecule has 0 aliphatic carbocycles. The summed E-state index contributed by atoms with van der Waals surface area (Å²) in [6.07, 6.45) is 0. The van der Waals surface area contributed by atoms with Gasteiger partial charge in [-0.2, -0.15) is 0 Å². The van der Waals surface area contributed by atoms with Gasteiger partial charge in [0, 0.05) is 11.8 Å². The van der Waals surface area contributed by atoms with Gasteiger partial charge in [-0.15, -0.1) is 0 Å². The lowest BCUT2D eigenvalue weighted by Crippen LogP contribution is -2.04. The predicted octanol–water partition coefficient (Wildman–Crippen LogP) is 4.78. The highest BCUT2D eigenvalue weighted by Crippen LogP contribution is 2.31. The van der Waals surface area contributed by atoms with Crippen LogP contribution in [0.15, 0.2) is 23.1 Å². The number of anilines is 1. The molecule has 0 bridgehead atoms. The van der Waals surface area contributed by atoms with E-state index in [1.807, 2.05) is 0 Å². The van der Waals surface area contributed by atoms with Crippen LogP contribution >= 0.6 is 11.9 Å². The molecule has 0 aromatic heterocycles. The zero-order valence-electron chi connectivity index (χ0n) is 9.79. The first-order valence-corrected chi connectivity index (χ1v) is 6.04. The van der Waals surface area contributed by atoms with E-state index in [1.165, 1.54) is 0 Å². The molecule has 112 valence electrons. The molecular weight excluding hydrogens is 323 g/mol. The van der Waals surface area contributed by atoms with E-state index in [9.17, 15) is 30.7 Å². The van der Waals surface area contributed by atoms with Gasteiger partial charge < -0.3 is 4.72 Å². The summed E-state index contributed by atoms with van der Waals surface area (Å²) >= 11 is 0.0426. The molecule has 0 heterocycles. The van der Waals surface area contributed by atoms with Gasteiger partial charge in [-0.25, -0.2) is 30.7 Å². The Morgan fingerprint density at radius 1 is 0.667 bits per heavy atom. The standard InChI is InChI=1S/C12H4F7NS/c13-5-2-1-4(3-6(5)14)20-21-12-10(18)8(16)7(15)9(17)11(12)19/h1-3,20H. The van der Waals surface area contributed by atoms with Crippen molar-refractivity contribution in [1.82, 2.24) is 0 Å². The van der Waals surface area contributed by atoms with E-state index >= 15 is 0 Å². The summed E-state index contributed by atoms with van der Waals surface area (Å²) in [5.74, 6) is -12.9. The van der Waals surface area contributed by atoms with Gasteiger partial charge in [-0.1, -0.05) is 0 Å². The number of nitrogens with one attached hydrogen (secondary N) is 1. The Kier molecular flexibility index (Phi) is 4.31. The molecule has 0 saturated heterocycles. The second-order valence-electron chi connectivity index (χ2n) is 3.73. The number of halogens is 7. The van der Waals surface area contributed by atoms with Crippen molar-refractivity contribution in [1.29, 1.82) is 0 Å². The van der Waals surface area contributed by atoms with Gasteiger partial charge in [0.05, 0.1) is 0 Å². The van der Waals surface area contributed by atoms with Crippen molar-refractivity contribution in [3.63, 3.8) is 0 Å². The van der Waals surface area contributed by atoms with Gasteiger partial charge in [0.2, 0.25) is 5.82 Å². The Labute approximate surface area is 117 Å². The van der Waals surface area contributed by atoms with Crippen LogP contribution in [-0.2, 0) is 0 Å². The maximum atomic E-state index is 13.3. The Morgan fingerprint density at radius 2 is 1.19 bits per heavy atom. The molecule has 1 nitrogen and oxygen atoms in total. The van der Waals surface area contributed by atoms with E-state index in [0.29, 0.717) is 6.07 Å². The van der Waals surface area contributed by atoms with Crippen LogP contribution < -0.4 is 4.72 Å². The molecule has 0 radical (unpaired) electrons. The fourth-order valence-electron chi connectivity index (χ4n) is 1.34. The molecule has 2 aromatic carbocycles. The van der Waals surface area contributed by atoms with Crippen molar-refractivity contribution in [2.24, 2.45) is 0 Å². The number of rotatable bonds is 3. The fourth-order valence-corrected chi connectivity index (χ4v) is 2.05. The monoisotopic (exact) mass is 327 g/mol. The van der Waals surface area contributed by atoms with Gasteiger partial charge in [0.1, 0.15) is 4.90 Å². The van der Waals surface area contributed by atoms with Crippen LogP contribution in [0, 0.1) is 40.7 Å². The summed E-state index contributed by atoms with van der Waals surface area (Å²) in [6.45, 7) is 0. The highest BCUT2D eigenvalue weighted by molar-refractivity contribution is 8.00. The number of hydrogen-bond donors (Lipinski definition) is 1. The number of benzene rings is 2. The van der Waals surface area contributed by atoms with E-state index in [1.54, 1.807) is 0 Å². The van der Waals surface area contributed by atoms with Crippen LogP contribution in [0.2, 0.25) is 0 Å². The third-order valence-corrected chi connectivity index (χ3v) is 3.26. The quantitative estimate of drug-likeness (QED) is 0.377. The molecule has 9 heteroatoms. The summed E-state index contributed by atoms with van der Waals surface area (Å²) < 4.78 is 93.1. The van der Waals surface area contributed by atoms with Crippen LogP contribution in [0.25, 0.3) is 0 Å². The molecule has 0 unspecified atom stereocenters. The van der Waals surface area contributed by atoms with E-state index in [-0.39, 0.29) is 17.6 Å². The molecule has 0 aliphatic heterocycles. The molecule has 0 spiro atoms. The molecular formula is C12H4F7NS. The zero-order valence-corrected chi connectivity index (χ0v) is 10.6. The van der Waals surface area contributed by atoms with Gasteiger partial charge in [0.15, 0.2) is 34.9 Å². The zero-order chi connectivity index (χ0) is 15.7. The summed E-state index contributed by atoms with van der Waals surface area (Å²) in [7, 11) is 0. The highest BCUT2D eigenvalue weighted by atomic mass is 32.2. The lowest BCUT2D eigenvalue weighted by molar-refractivity contribution is 0.361. The summed E-state index contributed by atoms with van der Waals surface area (Å²) in [5, 5.41) is 0. The first-order chi connectivity index (χ1) is 9.82. The van der Waals surface area contributed by atoms with Crippen molar-refractivity contribution in [3.05, 3.63) is 58.9 Å². The average molecular weight is 327 g/mol. The molecule has 0 atom stereocenters. The lowest BCUT2D eigenvalue weighted by atomic mass is 10.3. The average Bonchev–Trinajstić information content (AvgIpc) is 2.46. The van der Waals surface area contributed by atoms with Crippen LogP contribution in [0.4, 0.5) is 36.4 Å². The van der Waals surface area contributed by atoms with Crippen LogP contribution in [0.5, 0.6) is 0 Å². The summed E-state index contributed by atoms with van der Waals surface area (Å²) in [5.41, 5.74) is -0.122. The summed E-state index contributed by atoms with van der Waals surface area (Å²) in [6, 6.07) is 2.42. The normalized spacial score (nSPS) is 10.8. The van der Waals surface area contributed by atoms with Gasteiger partial charge in [-0.3, -0.25) is 0 Å². The van der Waals surface area contributed by atoms with Gasteiger partial charge in [-0.05, 0) is 24.1 Å². The first kappa shape index (κ1) is 15.5. The van der Waals surface area contributed by atoms with E-state index in [0.717, 1.165) is 12.1 Å². The Morgan fingerprint density at radius 3 is 1.71 bits per heavy atom. The molecule has 0 aliphatic rings. The van der Waals surface area contributed by atoms with Crippen molar-refractivity contribution in [2.45, 2.75) is 4.90 Å². The first-order valence-electron chi connectivity index (χ1n) is 5.22. The minimum absolute atomic E-state index is 0.0426. The maximum Gasteiger partial charge on any atom is 0.200 e. The van der Waals surface area contributed by atoms with Gasteiger partial charge in [0.25, 0.3) is 0 Å². The minimum Gasteiger partial charge on any atom is -0.325 e. The fraction of sp³-hybridized carbons (Fsp3) is 0. The maximum absolute atomic E-state index is 13.3. The van der Waals surface area contributed by atoms with Crippen molar-refractivity contribution < 1.29 is 30.7 Å². The van der Waals surface area contributed by atoms with Crippen LogP contribution in [0.1, 0.15) is 0 Å². The largest absolute Gasteiger partial charge is 0.325 e. The molecule has 1 N–H and O–H groups in total. The van der Waals surface area contributed by atoms with Crippen molar-refractivity contribution in [2.75, 3.05) is 4.72 Å². The second-order valence-corrected chi connectivity index (χ2v) is 4.55. The second kappa shape index (κ2) is 5.84. The Balaban J connectivity index is 2.30. The van der Waals surface area contributed by atoms with Gasteiger partial charge >= 0.3 is 0 Å². The highest BCUT2D eigenvalue weighted by Gasteiger charge is 2.26. The SMILES string of the molecule is Fc1ccc(NSc2c(F)c(F)c(F)c(F)c2F)cc1F. The Bertz CT molecular complexity index is 675. The van der Waals surface area contributed by atoms with E-state index in [2.05, 4.69) is 4.72 Å². The lowest BCUT2D eigenvalue weighted by Gasteiger charge is -2.09. The molecule has 2 rings (SSSR count). The molecule has 0 saturated carbocycles. The van der Waals surface area contributed by atoms with Crippen LogP contribution in [-0.4, -0.2) is 0 Å². The van der Waals surface area contributed by atoms with Crippen LogP contribution in [0.3, 0.4) is 0 Å². The topological polar surface area (TPSA) is 12.0 Å². The number of hydrogen-bond acceptors (Lipinski definition) is 2. The summed E-state index contributed by atoms with van der Waals surface area (Å²) in [4.78, 5) is -1.18. The molecule has 21 heavy (non-hydrogen) atoms. The smallest absolute Gasteiger partial charge is 0.200 e. The predicted molar refractivity (Wildman–Crippen MR) is 62.1 cm³/mol. The van der Waals surface area contributed by atoms with Crippen molar-refractivity contribution >= 4 is 17.6 Å². The molecule has 0 amide bonds. The Hall–Kier alpha value is -1.90. The third-order valence-electron chi connectivity index (χ3n) is 2.36. The minimum atomic E-state index is -2.28. The van der Waals surface area contributed by atoms with E-state index < -0.39 is 45.6 Å². The third kappa shape index (κ3) is 2.92. The molecule has 0 fully saturated rings. The van der Waals surface area contributed by atoms with Crippen molar-refractivity contribution in [3.8, 4) is 0 Å². The van der Waals surface area contributed by atoms with E-state index in [4.69, 9.17) is 0 Å².